The Morgan fingerprint density at radius 2 is 2.22 bits per heavy atom. The maximum absolute atomic E-state index is 11.0. The summed E-state index contributed by atoms with van der Waals surface area (Å²) in [4.78, 5) is 11.0. The number of nitrogens with two attached hydrogens (primary N) is 1. The van der Waals surface area contributed by atoms with Gasteiger partial charge in [0.1, 0.15) is 5.75 Å². The zero-order valence-electron chi connectivity index (χ0n) is 13.2. The van der Waals surface area contributed by atoms with E-state index in [0.29, 0.717) is 17.5 Å². The van der Waals surface area contributed by atoms with Crippen molar-refractivity contribution >= 4 is 17.7 Å². The average Bonchev–Trinajstić information content (AvgIpc) is 2.91. The van der Waals surface area contributed by atoms with E-state index in [4.69, 9.17) is 10.5 Å². The average molecular weight is 332 g/mol. The highest BCUT2D eigenvalue weighted by atomic mass is 32.2. The fraction of sp³-hybridized carbons (Fsp3) is 0.312. The normalized spacial score (nSPS) is 11.9. The van der Waals surface area contributed by atoms with Gasteiger partial charge in [0.25, 0.3) is 0 Å². The van der Waals surface area contributed by atoms with Crippen LogP contribution in [0.15, 0.2) is 42.1 Å². The largest absolute Gasteiger partial charge is 0.482 e. The van der Waals surface area contributed by atoms with Crippen LogP contribution in [-0.4, -0.2) is 26.4 Å². The molecule has 0 saturated heterocycles. The highest BCUT2D eigenvalue weighted by Crippen LogP contribution is 2.26. The minimum Gasteiger partial charge on any atom is -0.482 e. The molecule has 0 aliphatic carbocycles. The molecule has 1 heterocycles. The number of para-hydroxylation sites is 1. The molecule has 2 aromatic rings. The fourth-order valence-corrected chi connectivity index (χ4v) is 2.77. The van der Waals surface area contributed by atoms with Gasteiger partial charge < -0.3 is 10.5 Å². The molecule has 2 rings (SSSR count). The Morgan fingerprint density at radius 3 is 2.87 bits per heavy atom. The quantitative estimate of drug-likeness (QED) is 0.593. The molecule has 0 saturated carbocycles. The Labute approximate surface area is 139 Å². The van der Waals surface area contributed by atoms with Crippen molar-refractivity contribution in [2.24, 2.45) is 5.73 Å². The van der Waals surface area contributed by atoms with Gasteiger partial charge in [0, 0.05) is 6.54 Å². The highest BCUT2D eigenvalue weighted by Gasteiger charge is 2.19. The Morgan fingerprint density at radius 1 is 1.48 bits per heavy atom. The van der Waals surface area contributed by atoms with E-state index in [1.54, 1.807) is 6.08 Å². The molecule has 0 bridgehead atoms. The van der Waals surface area contributed by atoms with Crippen LogP contribution in [0.1, 0.15) is 24.4 Å². The van der Waals surface area contributed by atoms with Crippen molar-refractivity contribution in [3.05, 3.63) is 48.3 Å². The predicted molar refractivity (Wildman–Crippen MR) is 90.4 cm³/mol. The second-order valence-corrected chi connectivity index (χ2v) is 5.96. The van der Waals surface area contributed by atoms with E-state index in [-0.39, 0.29) is 11.9 Å². The van der Waals surface area contributed by atoms with Gasteiger partial charge in [0.2, 0.25) is 5.91 Å². The number of rotatable bonds is 8. The first-order valence-corrected chi connectivity index (χ1v) is 8.19. The maximum Gasteiger partial charge on any atom is 0.227 e. The number of hydrogen-bond donors (Lipinski definition) is 1. The molecular formula is C16H20N4O2S. The van der Waals surface area contributed by atoms with Gasteiger partial charge in [-0.3, -0.25) is 9.36 Å². The summed E-state index contributed by atoms with van der Waals surface area (Å²) in [7, 11) is 0. The molecule has 0 radical (unpaired) electrons. The molecule has 1 aromatic carbocycles. The molecule has 0 aliphatic heterocycles. The van der Waals surface area contributed by atoms with Crippen molar-refractivity contribution < 1.29 is 9.53 Å². The number of aromatic nitrogens is 3. The van der Waals surface area contributed by atoms with E-state index in [1.165, 1.54) is 11.8 Å². The number of aryl methyl sites for hydroxylation is 1. The zero-order chi connectivity index (χ0) is 16.8. The zero-order valence-corrected chi connectivity index (χ0v) is 14.0. The molecule has 23 heavy (non-hydrogen) atoms. The Kier molecular flexibility index (Phi) is 5.81. The van der Waals surface area contributed by atoms with E-state index >= 15 is 0 Å². The van der Waals surface area contributed by atoms with Crippen molar-refractivity contribution in [1.82, 2.24) is 14.8 Å². The summed E-state index contributed by atoms with van der Waals surface area (Å²) in [5.41, 5.74) is 6.24. The molecule has 1 amide bonds. The summed E-state index contributed by atoms with van der Waals surface area (Å²) in [6.07, 6.45) is 1.47. The Balaban J connectivity index is 2.22. The van der Waals surface area contributed by atoms with Crippen LogP contribution in [0.2, 0.25) is 0 Å². The molecule has 0 spiro atoms. The van der Waals surface area contributed by atoms with Gasteiger partial charge in [-0.2, -0.15) is 0 Å². The molecule has 0 aliphatic rings. The lowest BCUT2D eigenvalue weighted by Crippen LogP contribution is -2.15. The number of carbonyl (C=O) groups excluding carboxylic acids is 1. The summed E-state index contributed by atoms with van der Waals surface area (Å²) in [6, 6.07) is 7.80. The van der Waals surface area contributed by atoms with Crippen LogP contribution < -0.4 is 10.5 Å². The van der Waals surface area contributed by atoms with E-state index in [2.05, 4.69) is 16.8 Å². The second-order valence-electron chi connectivity index (χ2n) is 5.02. The highest BCUT2D eigenvalue weighted by molar-refractivity contribution is 7.99. The molecule has 1 aromatic heterocycles. The molecular weight excluding hydrogens is 312 g/mol. The standard InChI is InChI=1S/C16H20N4O2S/c1-4-9-20-15(18-19-16(20)23-10-14(17)21)12(3)22-13-8-6-5-7-11(13)2/h4-8,12H,1,9-10H2,2-3H3,(H2,17,21)/t12-/m1/s1. The third kappa shape index (κ3) is 4.35. The first-order chi connectivity index (χ1) is 11.0. The SMILES string of the molecule is C=CCn1c(SCC(N)=O)nnc1[C@@H](C)Oc1ccccc1C. The Bertz CT molecular complexity index is 699. The van der Waals surface area contributed by atoms with Crippen molar-refractivity contribution in [3.63, 3.8) is 0 Å². The molecule has 2 N–H and O–H groups in total. The van der Waals surface area contributed by atoms with Crippen LogP contribution in [0.4, 0.5) is 0 Å². The summed E-state index contributed by atoms with van der Waals surface area (Å²) < 4.78 is 7.88. The van der Waals surface area contributed by atoms with E-state index < -0.39 is 5.91 Å². The van der Waals surface area contributed by atoms with Gasteiger partial charge in [-0.1, -0.05) is 36.0 Å². The number of amides is 1. The van der Waals surface area contributed by atoms with Gasteiger partial charge in [-0.25, -0.2) is 0 Å². The minimum absolute atomic E-state index is 0.155. The van der Waals surface area contributed by atoms with Crippen molar-refractivity contribution in [3.8, 4) is 5.75 Å². The first-order valence-electron chi connectivity index (χ1n) is 7.20. The molecule has 0 fully saturated rings. The number of thioether (sulfide) groups is 1. The molecule has 1 atom stereocenters. The third-order valence-electron chi connectivity index (χ3n) is 3.16. The predicted octanol–water partition coefficient (Wildman–Crippen LogP) is 2.49. The topological polar surface area (TPSA) is 83.0 Å². The van der Waals surface area contributed by atoms with Gasteiger partial charge in [-0.05, 0) is 25.5 Å². The van der Waals surface area contributed by atoms with Crippen molar-refractivity contribution in [2.75, 3.05) is 5.75 Å². The number of ether oxygens (including phenoxy) is 1. The van der Waals surface area contributed by atoms with Crippen LogP contribution in [0.3, 0.4) is 0 Å². The fourth-order valence-electron chi connectivity index (χ4n) is 2.08. The van der Waals surface area contributed by atoms with Crippen molar-refractivity contribution in [1.29, 1.82) is 0 Å². The molecule has 6 nitrogen and oxygen atoms in total. The summed E-state index contributed by atoms with van der Waals surface area (Å²) >= 11 is 1.25. The van der Waals surface area contributed by atoms with Gasteiger partial charge in [-0.15, -0.1) is 16.8 Å². The van der Waals surface area contributed by atoms with E-state index in [9.17, 15) is 4.79 Å². The maximum atomic E-state index is 11.0. The number of benzene rings is 1. The van der Waals surface area contributed by atoms with Gasteiger partial charge >= 0.3 is 0 Å². The molecule has 122 valence electrons. The monoisotopic (exact) mass is 332 g/mol. The lowest BCUT2D eigenvalue weighted by molar-refractivity contribution is -0.115. The second kappa shape index (κ2) is 7.82. The van der Waals surface area contributed by atoms with Crippen LogP contribution in [0, 0.1) is 6.92 Å². The smallest absolute Gasteiger partial charge is 0.227 e. The van der Waals surface area contributed by atoms with Crippen LogP contribution in [0.5, 0.6) is 5.75 Å². The lowest BCUT2D eigenvalue weighted by Gasteiger charge is -2.17. The van der Waals surface area contributed by atoms with Crippen LogP contribution >= 0.6 is 11.8 Å². The van der Waals surface area contributed by atoms with E-state index in [0.717, 1.165) is 11.3 Å². The number of carbonyl (C=O) groups is 1. The number of primary amides is 1. The van der Waals surface area contributed by atoms with E-state index in [1.807, 2.05) is 42.7 Å². The number of hydrogen-bond acceptors (Lipinski definition) is 5. The summed E-state index contributed by atoms with van der Waals surface area (Å²) in [5, 5.41) is 8.96. The van der Waals surface area contributed by atoms with Crippen LogP contribution in [-0.2, 0) is 11.3 Å². The Hall–Kier alpha value is -2.28. The summed E-state index contributed by atoms with van der Waals surface area (Å²) in [5.74, 6) is 1.25. The van der Waals surface area contributed by atoms with Crippen molar-refractivity contribution in [2.45, 2.75) is 31.7 Å². The number of nitrogens with zero attached hydrogens (tertiary/aromatic N) is 3. The molecule has 0 unspecified atom stereocenters. The summed E-state index contributed by atoms with van der Waals surface area (Å²) in [6.45, 7) is 8.19. The van der Waals surface area contributed by atoms with Crippen LogP contribution in [0.25, 0.3) is 0 Å². The molecule has 7 heteroatoms. The minimum atomic E-state index is -0.395. The van der Waals surface area contributed by atoms with Gasteiger partial charge in [0.15, 0.2) is 17.1 Å². The third-order valence-corrected chi connectivity index (χ3v) is 4.15. The lowest BCUT2D eigenvalue weighted by atomic mass is 10.2. The number of allylic oxidation sites excluding steroid dienone is 1. The van der Waals surface area contributed by atoms with Gasteiger partial charge in [0.05, 0.1) is 5.75 Å². The first kappa shape index (κ1) is 17.1.